The zero-order chi connectivity index (χ0) is 33.3. The van der Waals surface area contributed by atoms with Gasteiger partial charge in [-0.2, -0.15) is 0 Å². The zero-order valence-electron chi connectivity index (χ0n) is 27.3. The Labute approximate surface area is 281 Å². The van der Waals surface area contributed by atoms with Gasteiger partial charge in [-0.1, -0.05) is 60.7 Å². The van der Waals surface area contributed by atoms with Crippen LogP contribution in [0.5, 0.6) is 0 Å². The maximum Gasteiger partial charge on any atom is 0.224 e. The van der Waals surface area contributed by atoms with Gasteiger partial charge >= 0.3 is 0 Å². The third-order valence-corrected chi connectivity index (χ3v) is 9.29. The van der Waals surface area contributed by atoms with Gasteiger partial charge in [0.2, 0.25) is 11.8 Å². The van der Waals surface area contributed by atoms with Crippen LogP contribution in [0, 0.1) is 0 Å². The number of hydrogen-bond donors (Lipinski definition) is 4. The van der Waals surface area contributed by atoms with E-state index in [2.05, 4.69) is 15.5 Å². The summed E-state index contributed by atoms with van der Waals surface area (Å²) in [5.74, 6) is -0.701. The largest absolute Gasteiger partial charge is 0.397 e. The number of likely N-dealkylation sites (tertiary alicyclic amines) is 1. The van der Waals surface area contributed by atoms with E-state index in [-0.39, 0.29) is 43.5 Å². The van der Waals surface area contributed by atoms with Crippen LogP contribution in [0.25, 0.3) is 0 Å². The quantitative estimate of drug-likeness (QED) is 0.206. The number of hydrogen-bond acceptors (Lipinski definition) is 9. The Morgan fingerprint density at radius 2 is 1.52 bits per heavy atom. The summed E-state index contributed by atoms with van der Waals surface area (Å²) in [6.45, 7) is 4.27. The minimum absolute atomic E-state index is 0.00130. The Hall–Kier alpha value is -3.84. The summed E-state index contributed by atoms with van der Waals surface area (Å²) in [6, 6.07) is 22.9. The van der Waals surface area contributed by atoms with E-state index in [0.29, 0.717) is 37.6 Å². The van der Waals surface area contributed by atoms with E-state index in [0.717, 1.165) is 61.2 Å². The molecule has 11 nitrogen and oxygen atoms in total. The molecule has 3 aromatic rings. The van der Waals surface area contributed by atoms with Crippen LogP contribution < -0.4 is 16.4 Å². The molecule has 3 fully saturated rings. The minimum Gasteiger partial charge on any atom is -0.397 e. The maximum atomic E-state index is 12.5. The number of aliphatic hydroxyl groups excluding tert-OH is 1. The number of nitrogens with two attached hydrogens (primary N) is 1. The molecular weight excluding hydrogens is 612 g/mol. The summed E-state index contributed by atoms with van der Waals surface area (Å²) < 4.78 is 24.9. The summed E-state index contributed by atoms with van der Waals surface area (Å²) in [4.78, 5) is 27.1. The Bertz CT molecular complexity index is 1500. The van der Waals surface area contributed by atoms with Crippen molar-refractivity contribution in [2.24, 2.45) is 0 Å². The van der Waals surface area contributed by atoms with E-state index in [1.54, 1.807) is 24.3 Å². The number of carbonyl (C=O) groups excluding carboxylic acids is 2. The SMILES string of the molecule is Nc1ccccc1NC(=O)CCCC(=O)NCc1ccc([C@@H]2O[C@H](CN3CCC4(CC3)OCCO4)C[C@H](c3ccc(CO)cc3)O2)cc1. The van der Waals surface area contributed by atoms with Gasteiger partial charge in [0, 0.05) is 63.8 Å². The van der Waals surface area contributed by atoms with Crippen molar-refractivity contribution in [3.8, 4) is 0 Å². The molecule has 0 aromatic heterocycles. The Morgan fingerprint density at radius 3 is 2.23 bits per heavy atom. The molecule has 3 heterocycles. The molecule has 256 valence electrons. The van der Waals surface area contributed by atoms with Crippen molar-refractivity contribution in [2.45, 2.75) is 76.0 Å². The van der Waals surface area contributed by atoms with Crippen LogP contribution in [-0.4, -0.2) is 66.6 Å². The van der Waals surface area contributed by atoms with Gasteiger partial charge in [-0.15, -0.1) is 0 Å². The van der Waals surface area contributed by atoms with Crippen LogP contribution in [0.15, 0.2) is 72.8 Å². The number of nitrogen functional groups attached to an aromatic ring is 1. The summed E-state index contributed by atoms with van der Waals surface area (Å²) >= 11 is 0. The minimum atomic E-state index is -0.551. The van der Waals surface area contributed by atoms with E-state index in [1.165, 1.54) is 0 Å². The molecule has 1 spiro atoms. The van der Waals surface area contributed by atoms with E-state index < -0.39 is 12.1 Å². The highest BCUT2D eigenvalue weighted by atomic mass is 16.7. The summed E-state index contributed by atoms with van der Waals surface area (Å²) in [7, 11) is 0. The van der Waals surface area contributed by atoms with Crippen molar-refractivity contribution in [2.75, 3.05) is 43.9 Å². The molecule has 0 bridgehead atoms. The smallest absolute Gasteiger partial charge is 0.224 e. The van der Waals surface area contributed by atoms with Gasteiger partial charge in [0.05, 0.1) is 43.4 Å². The number of nitrogens with zero attached hydrogens (tertiary/aromatic N) is 1. The Kier molecular flexibility index (Phi) is 11.4. The molecule has 5 N–H and O–H groups in total. The lowest BCUT2D eigenvalue weighted by molar-refractivity contribution is -0.255. The second-order valence-electron chi connectivity index (χ2n) is 12.8. The highest BCUT2D eigenvalue weighted by Crippen LogP contribution is 2.39. The van der Waals surface area contributed by atoms with Crippen LogP contribution >= 0.6 is 0 Å². The first-order chi connectivity index (χ1) is 23.4. The lowest BCUT2D eigenvalue weighted by Crippen LogP contribution is -2.48. The van der Waals surface area contributed by atoms with Gasteiger partial charge in [-0.25, -0.2) is 0 Å². The first-order valence-electron chi connectivity index (χ1n) is 16.9. The molecule has 3 aliphatic heterocycles. The van der Waals surface area contributed by atoms with Crippen LogP contribution in [0.1, 0.15) is 73.2 Å². The van der Waals surface area contributed by atoms with Crippen molar-refractivity contribution in [1.29, 1.82) is 0 Å². The number of benzene rings is 3. The van der Waals surface area contributed by atoms with E-state index in [9.17, 15) is 14.7 Å². The highest BCUT2D eigenvalue weighted by molar-refractivity contribution is 5.93. The average molecular weight is 659 g/mol. The second-order valence-corrected chi connectivity index (χ2v) is 12.8. The van der Waals surface area contributed by atoms with E-state index in [1.807, 2.05) is 48.5 Å². The van der Waals surface area contributed by atoms with Gasteiger partial charge in [0.25, 0.3) is 0 Å². The number of para-hydroxylation sites is 2. The molecule has 0 unspecified atom stereocenters. The summed E-state index contributed by atoms with van der Waals surface area (Å²) in [6.07, 6.45) is 2.57. The topological polar surface area (TPSA) is 145 Å². The number of anilines is 2. The van der Waals surface area contributed by atoms with Gasteiger partial charge in [0.1, 0.15) is 0 Å². The fourth-order valence-electron chi connectivity index (χ4n) is 6.50. The van der Waals surface area contributed by atoms with E-state index in [4.69, 9.17) is 24.7 Å². The van der Waals surface area contributed by atoms with Gasteiger partial charge < -0.3 is 45.3 Å². The number of ether oxygens (including phenoxy) is 4. The molecule has 3 aliphatic rings. The molecule has 6 rings (SSSR count). The highest BCUT2D eigenvalue weighted by Gasteiger charge is 2.41. The average Bonchev–Trinajstić information content (AvgIpc) is 3.57. The molecule has 11 heteroatoms. The molecule has 3 atom stereocenters. The molecular formula is C37H46N4O7. The number of piperidine rings is 1. The number of amides is 2. The normalized spacial score (nSPS) is 22.4. The van der Waals surface area contributed by atoms with Crippen molar-refractivity contribution in [1.82, 2.24) is 10.2 Å². The second kappa shape index (κ2) is 16.0. The van der Waals surface area contributed by atoms with Gasteiger partial charge in [-0.3, -0.25) is 9.59 Å². The van der Waals surface area contributed by atoms with Gasteiger partial charge in [0.15, 0.2) is 12.1 Å². The zero-order valence-corrected chi connectivity index (χ0v) is 27.3. The van der Waals surface area contributed by atoms with Crippen molar-refractivity contribution in [3.05, 3.63) is 95.1 Å². The van der Waals surface area contributed by atoms with Crippen LogP contribution in [-0.2, 0) is 41.7 Å². The van der Waals surface area contributed by atoms with Crippen molar-refractivity contribution in [3.63, 3.8) is 0 Å². The molecule has 0 radical (unpaired) electrons. The Balaban J connectivity index is 1.01. The van der Waals surface area contributed by atoms with Crippen LogP contribution in [0.3, 0.4) is 0 Å². The van der Waals surface area contributed by atoms with Crippen LogP contribution in [0.2, 0.25) is 0 Å². The van der Waals surface area contributed by atoms with E-state index >= 15 is 0 Å². The fourth-order valence-corrected chi connectivity index (χ4v) is 6.50. The number of rotatable bonds is 12. The molecule has 3 aromatic carbocycles. The first kappa shape index (κ1) is 34.0. The van der Waals surface area contributed by atoms with Crippen molar-refractivity contribution >= 4 is 23.2 Å². The number of aliphatic hydroxyl groups is 1. The number of nitrogens with one attached hydrogen (secondary N) is 2. The standard InChI is InChI=1S/C37H46N4O7/c38-31-4-1-2-5-32(31)40-35(44)7-3-6-34(43)39-23-26-8-14-29(15-9-26)36-47-30(22-33(48-36)28-12-10-27(25-42)11-13-28)24-41-18-16-37(17-19-41)45-20-21-46-37/h1-2,4-5,8-15,30,33,36,42H,3,6-7,16-25,38H2,(H,39,43)(H,40,44)/t30-,33+,36+/m0/s1. The molecule has 2 amide bonds. The monoisotopic (exact) mass is 658 g/mol. The molecule has 48 heavy (non-hydrogen) atoms. The summed E-state index contributed by atoms with van der Waals surface area (Å²) in [5, 5.41) is 15.2. The maximum absolute atomic E-state index is 12.5. The van der Waals surface area contributed by atoms with Crippen molar-refractivity contribution < 1.29 is 33.6 Å². The fraction of sp³-hybridized carbons (Fsp3) is 0.459. The summed E-state index contributed by atoms with van der Waals surface area (Å²) in [5.41, 5.74) is 10.7. The van der Waals surface area contributed by atoms with Crippen LogP contribution in [0.4, 0.5) is 11.4 Å². The molecule has 0 aliphatic carbocycles. The Morgan fingerprint density at radius 1 is 0.854 bits per heavy atom. The molecule has 0 saturated carbocycles. The third kappa shape index (κ3) is 8.98. The van der Waals surface area contributed by atoms with Gasteiger partial charge in [-0.05, 0) is 35.2 Å². The predicted octanol–water partition coefficient (Wildman–Crippen LogP) is 4.57. The number of carbonyl (C=O) groups is 2. The predicted molar refractivity (Wildman–Crippen MR) is 180 cm³/mol. The lowest BCUT2D eigenvalue weighted by atomic mass is 9.98. The molecule has 3 saturated heterocycles. The third-order valence-electron chi connectivity index (χ3n) is 9.29. The lowest BCUT2D eigenvalue weighted by Gasteiger charge is -2.41. The first-order valence-corrected chi connectivity index (χ1v) is 16.9.